The van der Waals surface area contributed by atoms with Crippen molar-refractivity contribution in [1.82, 2.24) is 9.78 Å². The Balaban J connectivity index is 2.95. The summed E-state index contributed by atoms with van der Waals surface area (Å²) in [6, 6.07) is -0.591. The van der Waals surface area contributed by atoms with E-state index in [1.165, 1.54) is 4.68 Å². The van der Waals surface area contributed by atoms with Gasteiger partial charge in [0.05, 0.1) is 10.7 Å². The van der Waals surface area contributed by atoms with Crippen LogP contribution in [0.5, 0.6) is 0 Å². The fraction of sp³-hybridized carbons (Fsp3) is 0.500. The molecule has 0 aliphatic carbocycles. The molecule has 1 aromatic heterocycles. The molecule has 0 aliphatic heterocycles. The Labute approximate surface area is 84.7 Å². The minimum Gasteiger partial charge on any atom is -0.480 e. The van der Waals surface area contributed by atoms with Crippen LogP contribution in [0, 0.1) is 5.92 Å². The monoisotopic (exact) mass is 246 g/mol. The lowest BCUT2D eigenvalue weighted by molar-refractivity contribution is -0.142. The Morgan fingerprint density at radius 3 is 2.62 bits per heavy atom. The Hall–Kier alpha value is -0.840. The van der Waals surface area contributed by atoms with Gasteiger partial charge in [-0.2, -0.15) is 5.10 Å². The van der Waals surface area contributed by atoms with Crippen LogP contribution in [0.15, 0.2) is 16.9 Å². The van der Waals surface area contributed by atoms with Gasteiger partial charge in [-0.05, 0) is 21.8 Å². The van der Waals surface area contributed by atoms with Crippen LogP contribution < -0.4 is 0 Å². The van der Waals surface area contributed by atoms with E-state index in [0.29, 0.717) is 0 Å². The highest BCUT2D eigenvalue weighted by Gasteiger charge is 2.23. The summed E-state index contributed by atoms with van der Waals surface area (Å²) in [5.74, 6) is -0.838. The molecule has 1 aromatic rings. The molecule has 0 radical (unpaired) electrons. The van der Waals surface area contributed by atoms with E-state index in [1.54, 1.807) is 12.4 Å². The van der Waals surface area contributed by atoms with Gasteiger partial charge in [-0.15, -0.1) is 0 Å². The summed E-state index contributed by atoms with van der Waals surface area (Å²) in [6.07, 6.45) is 3.25. The molecule has 0 aliphatic rings. The molecule has 0 amide bonds. The molecule has 5 heteroatoms. The Bertz CT molecular complexity index is 309. The van der Waals surface area contributed by atoms with Crippen LogP contribution in [-0.4, -0.2) is 20.9 Å². The van der Waals surface area contributed by atoms with E-state index in [0.717, 1.165) is 4.47 Å². The molecule has 4 nitrogen and oxygen atoms in total. The molecule has 1 atom stereocenters. The second kappa shape index (κ2) is 3.91. The lowest BCUT2D eigenvalue weighted by atomic mass is 10.1. The summed E-state index contributed by atoms with van der Waals surface area (Å²) in [6.45, 7) is 3.71. The van der Waals surface area contributed by atoms with E-state index in [2.05, 4.69) is 21.0 Å². The van der Waals surface area contributed by atoms with Crippen LogP contribution >= 0.6 is 15.9 Å². The number of nitrogens with zero attached hydrogens (tertiary/aromatic N) is 2. The minimum absolute atomic E-state index is 0.0179. The molecule has 1 N–H and O–H groups in total. The number of aliphatic carboxylic acids is 1. The SMILES string of the molecule is CC(C)[C@H](C(=O)O)n1cc(Br)cn1. The maximum Gasteiger partial charge on any atom is 0.328 e. The molecular formula is C8H11BrN2O2. The van der Waals surface area contributed by atoms with Gasteiger partial charge in [-0.25, -0.2) is 4.79 Å². The summed E-state index contributed by atoms with van der Waals surface area (Å²) in [4.78, 5) is 10.9. The second-order valence-electron chi connectivity index (χ2n) is 3.17. The van der Waals surface area contributed by atoms with Crippen molar-refractivity contribution in [2.45, 2.75) is 19.9 Å². The van der Waals surface area contributed by atoms with Crippen molar-refractivity contribution in [2.75, 3.05) is 0 Å². The zero-order valence-corrected chi connectivity index (χ0v) is 9.02. The number of carbonyl (C=O) groups is 1. The summed E-state index contributed by atoms with van der Waals surface area (Å²) >= 11 is 3.22. The second-order valence-corrected chi connectivity index (χ2v) is 4.08. The third-order valence-electron chi connectivity index (χ3n) is 1.74. The summed E-state index contributed by atoms with van der Waals surface area (Å²) < 4.78 is 2.25. The van der Waals surface area contributed by atoms with Crippen LogP contribution in [0.25, 0.3) is 0 Å². The predicted molar refractivity (Wildman–Crippen MR) is 51.4 cm³/mol. The largest absolute Gasteiger partial charge is 0.480 e. The average Bonchev–Trinajstić information content (AvgIpc) is 2.34. The first-order valence-electron chi connectivity index (χ1n) is 3.95. The number of carboxylic acid groups (broad SMARTS) is 1. The first kappa shape index (κ1) is 10.2. The molecule has 0 saturated heterocycles. The zero-order chi connectivity index (χ0) is 10.0. The van der Waals surface area contributed by atoms with Gasteiger partial charge >= 0.3 is 5.97 Å². The van der Waals surface area contributed by atoms with Gasteiger partial charge in [-0.1, -0.05) is 13.8 Å². The van der Waals surface area contributed by atoms with Crippen LogP contribution in [0.4, 0.5) is 0 Å². The van der Waals surface area contributed by atoms with Crippen LogP contribution in [0.1, 0.15) is 19.9 Å². The van der Waals surface area contributed by atoms with Crippen LogP contribution in [-0.2, 0) is 4.79 Å². The third kappa shape index (κ3) is 2.30. The van der Waals surface area contributed by atoms with Crippen molar-refractivity contribution >= 4 is 21.9 Å². The first-order chi connectivity index (χ1) is 6.02. The fourth-order valence-electron chi connectivity index (χ4n) is 1.17. The number of rotatable bonds is 3. The average molecular weight is 247 g/mol. The zero-order valence-electron chi connectivity index (χ0n) is 7.44. The van der Waals surface area contributed by atoms with E-state index < -0.39 is 12.0 Å². The number of halogens is 1. The molecule has 0 saturated carbocycles. The number of hydrogen-bond acceptors (Lipinski definition) is 2. The van der Waals surface area contributed by atoms with Gasteiger partial charge in [0, 0.05) is 6.20 Å². The molecule has 0 bridgehead atoms. The summed E-state index contributed by atoms with van der Waals surface area (Å²) in [5, 5.41) is 12.9. The lowest BCUT2D eigenvalue weighted by Crippen LogP contribution is -2.24. The molecule has 72 valence electrons. The van der Waals surface area contributed by atoms with E-state index in [4.69, 9.17) is 5.11 Å². The molecule has 0 aromatic carbocycles. The summed E-state index contributed by atoms with van der Waals surface area (Å²) in [5.41, 5.74) is 0. The molecule has 1 rings (SSSR count). The predicted octanol–water partition coefficient (Wildman–Crippen LogP) is 1.93. The van der Waals surface area contributed by atoms with Crippen molar-refractivity contribution in [1.29, 1.82) is 0 Å². The molecule has 13 heavy (non-hydrogen) atoms. The van der Waals surface area contributed by atoms with Gasteiger partial charge < -0.3 is 5.11 Å². The number of hydrogen-bond donors (Lipinski definition) is 1. The molecule has 0 spiro atoms. The highest BCUT2D eigenvalue weighted by Crippen LogP contribution is 2.19. The van der Waals surface area contributed by atoms with Gasteiger partial charge in [0.1, 0.15) is 0 Å². The minimum atomic E-state index is -0.856. The van der Waals surface area contributed by atoms with Gasteiger partial charge in [0.2, 0.25) is 0 Å². The van der Waals surface area contributed by atoms with Crippen molar-refractivity contribution < 1.29 is 9.90 Å². The number of carboxylic acids is 1. The third-order valence-corrected chi connectivity index (χ3v) is 2.15. The van der Waals surface area contributed by atoms with Crippen molar-refractivity contribution in [2.24, 2.45) is 5.92 Å². The first-order valence-corrected chi connectivity index (χ1v) is 4.74. The quantitative estimate of drug-likeness (QED) is 0.887. The Kier molecular flexibility index (Phi) is 3.08. The molecular weight excluding hydrogens is 236 g/mol. The maximum absolute atomic E-state index is 10.9. The van der Waals surface area contributed by atoms with E-state index >= 15 is 0 Å². The van der Waals surface area contributed by atoms with Gasteiger partial charge in [-0.3, -0.25) is 4.68 Å². The maximum atomic E-state index is 10.9. The number of aromatic nitrogens is 2. The summed E-state index contributed by atoms with van der Waals surface area (Å²) in [7, 11) is 0. The smallest absolute Gasteiger partial charge is 0.328 e. The highest BCUT2D eigenvalue weighted by molar-refractivity contribution is 9.10. The van der Waals surface area contributed by atoms with Crippen LogP contribution in [0.3, 0.4) is 0 Å². The fourth-order valence-corrected chi connectivity index (χ4v) is 1.47. The van der Waals surface area contributed by atoms with Crippen molar-refractivity contribution in [3.05, 3.63) is 16.9 Å². The molecule has 1 heterocycles. The van der Waals surface area contributed by atoms with E-state index in [-0.39, 0.29) is 5.92 Å². The molecule has 0 unspecified atom stereocenters. The van der Waals surface area contributed by atoms with E-state index in [1.807, 2.05) is 13.8 Å². The highest BCUT2D eigenvalue weighted by atomic mass is 79.9. The molecule has 0 fully saturated rings. The topological polar surface area (TPSA) is 55.1 Å². The lowest BCUT2D eigenvalue weighted by Gasteiger charge is -2.15. The van der Waals surface area contributed by atoms with Crippen molar-refractivity contribution in [3.63, 3.8) is 0 Å². The Morgan fingerprint density at radius 2 is 2.31 bits per heavy atom. The van der Waals surface area contributed by atoms with Crippen LogP contribution in [0.2, 0.25) is 0 Å². The normalized spacial score (nSPS) is 13.2. The standard InChI is InChI=1S/C8H11BrN2O2/c1-5(2)7(8(12)13)11-4-6(9)3-10-11/h3-5,7H,1-2H3,(H,12,13)/t7-/m1/s1. The van der Waals surface area contributed by atoms with Gasteiger partial charge in [0.15, 0.2) is 6.04 Å². The van der Waals surface area contributed by atoms with Gasteiger partial charge in [0.25, 0.3) is 0 Å². The Morgan fingerprint density at radius 1 is 1.69 bits per heavy atom. The van der Waals surface area contributed by atoms with E-state index in [9.17, 15) is 4.79 Å². The van der Waals surface area contributed by atoms with Crippen molar-refractivity contribution in [3.8, 4) is 0 Å².